The minimum atomic E-state index is -4.39. The van der Waals surface area contributed by atoms with Crippen LogP contribution in [0.3, 0.4) is 0 Å². The number of piperidine rings is 1. The van der Waals surface area contributed by atoms with Crippen LogP contribution in [0, 0.1) is 5.41 Å². The van der Waals surface area contributed by atoms with Gasteiger partial charge in [-0.05, 0) is 18.9 Å². The van der Waals surface area contributed by atoms with Crippen LogP contribution in [0.2, 0.25) is 0 Å². The van der Waals surface area contributed by atoms with Crippen LogP contribution in [0.5, 0.6) is 0 Å². The van der Waals surface area contributed by atoms with E-state index in [-0.39, 0.29) is 11.9 Å². The van der Waals surface area contributed by atoms with Gasteiger partial charge in [0.15, 0.2) is 0 Å². The van der Waals surface area contributed by atoms with Gasteiger partial charge in [0.1, 0.15) is 5.69 Å². The number of nitrogens with zero attached hydrogens (tertiary/aromatic N) is 3. The van der Waals surface area contributed by atoms with Crippen LogP contribution in [0.25, 0.3) is 0 Å². The van der Waals surface area contributed by atoms with Crippen molar-refractivity contribution in [2.75, 3.05) is 13.1 Å². The molecule has 7 heteroatoms. The van der Waals surface area contributed by atoms with Crippen molar-refractivity contribution >= 4 is 5.91 Å². The molecule has 0 unspecified atom stereocenters. The number of halogens is 3. The monoisotopic (exact) mass is 303 g/mol. The molecule has 1 aliphatic heterocycles. The topological polar surface area (TPSA) is 38.1 Å². The lowest BCUT2D eigenvalue weighted by atomic mass is 9.93. The van der Waals surface area contributed by atoms with Gasteiger partial charge in [-0.1, -0.05) is 20.8 Å². The van der Waals surface area contributed by atoms with E-state index in [9.17, 15) is 18.0 Å². The third kappa shape index (κ3) is 3.39. The lowest BCUT2D eigenvalue weighted by Crippen LogP contribution is -2.44. The van der Waals surface area contributed by atoms with Crippen molar-refractivity contribution in [2.24, 2.45) is 5.41 Å². The van der Waals surface area contributed by atoms with Crippen LogP contribution in [-0.2, 0) is 11.0 Å². The summed E-state index contributed by atoms with van der Waals surface area (Å²) in [6.07, 6.45) is -2.23. The summed E-state index contributed by atoms with van der Waals surface area (Å²) in [5.41, 5.74) is -1.18. The zero-order valence-electron chi connectivity index (χ0n) is 12.4. The fraction of sp³-hybridized carbons (Fsp3) is 0.714. The van der Waals surface area contributed by atoms with Gasteiger partial charge in [0, 0.05) is 24.7 Å². The molecule has 118 valence electrons. The van der Waals surface area contributed by atoms with Gasteiger partial charge in [-0.25, -0.2) is 0 Å². The van der Waals surface area contributed by atoms with E-state index < -0.39 is 17.3 Å². The molecule has 2 rings (SSSR count). The van der Waals surface area contributed by atoms with E-state index in [1.165, 1.54) is 6.20 Å². The maximum atomic E-state index is 12.9. The van der Waals surface area contributed by atoms with Crippen molar-refractivity contribution in [1.29, 1.82) is 0 Å². The first-order valence-corrected chi connectivity index (χ1v) is 7.01. The fourth-order valence-electron chi connectivity index (χ4n) is 2.62. The van der Waals surface area contributed by atoms with E-state index in [2.05, 4.69) is 5.10 Å². The van der Waals surface area contributed by atoms with E-state index in [0.717, 1.165) is 10.7 Å². The molecule has 0 atom stereocenters. The molecule has 0 aliphatic carbocycles. The first-order valence-electron chi connectivity index (χ1n) is 7.01. The summed E-state index contributed by atoms with van der Waals surface area (Å²) >= 11 is 0. The highest BCUT2D eigenvalue weighted by molar-refractivity contribution is 5.81. The second-order valence-corrected chi connectivity index (χ2v) is 6.43. The Morgan fingerprint density at radius 1 is 1.24 bits per heavy atom. The first-order chi connectivity index (χ1) is 9.60. The predicted molar refractivity (Wildman–Crippen MR) is 71.5 cm³/mol. The normalized spacial score (nSPS) is 18.1. The van der Waals surface area contributed by atoms with E-state index in [1.54, 1.807) is 4.90 Å². The van der Waals surface area contributed by atoms with Gasteiger partial charge in [0.05, 0.1) is 6.04 Å². The first kappa shape index (κ1) is 15.9. The average molecular weight is 303 g/mol. The van der Waals surface area contributed by atoms with Gasteiger partial charge in [-0.3, -0.25) is 9.48 Å². The number of aromatic nitrogens is 2. The Morgan fingerprint density at radius 3 is 2.29 bits per heavy atom. The van der Waals surface area contributed by atoms with E-state index in [4.69, 9.17) is 0 Å². The minimum Gasteiger partial charge on any atom is -0.342 e. The molecule has 1 aromatic heterocycles. The Morgan fingerprint density at radius 2 is 1.81 bits per heavy atom. The molecule has 0 N–H and O–H groups in total. The van der Waals surface area contributed by atoms with Gasteiger partial charge < -0.3 is 4.90 Å². The Bertz CT molecular complexity index is 508. The second-order valence-electron chi connectivity index (χ2n) is 6.43. The molecule has 0 radical (unpaired) electrons. The molecular weight excluding hydrogens is 283 g/mol. The minimum absolute atomic E-state index is 0.0393. The summed E-state index contributed by atoms with van der Waals surface area (Å²) in [4.78, 5) is 13.9. The van der Waals surface area contributed by atoms with Crippen LogP contribution in [-0.4, -0.2) is 33.7 Å². The number of carbonyl (C=O) groups is 1. The SMILES string of the molecule is CC(C)(C)C(=O)N1CCC(n2nccc2C(F)(F)F)CC1. The molecule has 1 amide bonds. The van der Waals surface area contributed by atoms with Crippen LogP contribution in [0.4, 0.5) is 13.2 Å². The van der Waals surface area contributed by atoms with Crippen LogP contribution < -0.4 is 0 Å². The summed E-state index contributed by atoms with van der Waals surface area (Å²) in [7, 11) is 0. The Balaban J connectivity index is 2.06. The van der Waals surface area contributed by atoms with Crippen molar-refractivity contribution in [3.63, 3.8) is 0 Å². The lowest BCUT2D eigenvalue weighted by molar-refractivity contribution is -0.147. The zero-order chi connectivity index (χ0) is 15.8. The highest BCUT2D eigenvalue weighted by atomic mass is 19.4. The van der Waals surface area contributed by atoms with E-state index in [0.29, 0.717) is 25.9 Å². The average Bonchev–Trinajstić information content (AvgIpc) is 2.86. The molecule has 1 saturated heterocycles. The summed E-state index contributed by atoms with van der Waals surface area (Å²) < 4.78 is 39.7. The summed E-state index contributed by atoms with van der Waals surface area (Å²) in [5.74, 6) is 0.0393. The van der Waals surface area contributed by atoms with Crippen molar-refractivity contribution < 1.29 is 18.0 Å². The molecule has 1 fully saturated rings. The molecule has 0 bridgehead atoms. The smallest absolute Gasteiger partial charge is 0.342 e. The molecule has 21 heavy (non-hydrogen) atoms. The van der Waals surface area contributed by atoms with Gasteiger partial charge in [-0.15, -0.1) is 0 Å². The van der Waals surface area contributed by atoms with Gasteiger partial charge >= 0.3 is 6.18 Å². The molecule has 0 spiro atoms. The highest BCUT2D eigenvalue weighted by Gasteiger charge is 2.38. The van der Waals surface area contributed by atoms with Gasteiger partial charge in [0.2, 0.25) is 5.91 Å². The fourth-order valence-corrected chi connectivity index (χ4v) is 2.62. The summed E-state index contributed by atoms with van der Waals surface area (Å²) in [6.45, 7) is 6.47. The van der Waals surface area contributed by atoms with Crippen molar-refractivity contribution in [1.82, 2.24) is 14.7 Å². The second kappa shape index (κ2) is 5.35. The van der Waals surface area contributed by atoms with Crippen molar-refractivity contribution in [3.05, 3.63) is 18.0 Å². The predicted octanol–water partition coefficient (Wildman–Crippen LogP) is 3.11. The summed E-state index contributed by atoms with van der Waals surface area (Å²) in [5, 5.41) is 3.82. The number of alkyl halides is 3. The molecule has 1 aliphatic rings. The number of likely N-dealkylation sites (tertiary alicyclic amines) is 1. The standard InChI is InChI=1S/C14H20F3N3O/c1-13(2,3)12(21)19-8-5-10(6-9-19)20-11(4-7-18-20)14(15,16)17/h4,7,10H,5-6,8-9H2,1-3H3. The molecule has 2 heterocycles. The number of hydrogen-bond donors (Lipinski definition) is 0. The zero-order valence-corrected chi connectivity index (χ0v) is 12.4. The molecule has 0 saturated carbocycles. The van der Waals surface area contributed by atoms with Gasteiger partial charge in [-0.2, -0.15) is 18.3 Å². The molecular formula is C14H20F3N3O. The third-order valence-electron chi connectivity index (χ3n) is 3.70. The van der Waals surface area contributed by atoms with Crippen LogP contribution >= 0.6 is 0 Å². The van der Waals surface area contributed by atoms with Crippen molar-refractivity contribution in [3.8, 4) is 0 Å². The van der Waals surface area contributed by atoms with Crippen LogP contribution in [0.15, 0.2) is 12.3 Å². The van der Waals surface area contributed by atoms with Crippen LogP contribution in [0.1, 0.15) is 45.3 Å². The third-order valence-corrected chi connectivity index (χ3v) is 3.70. The number of amides is 1. The van der Waals surface area contributed by atoms with E-state index in [1.807, 2.05) is 20.8 Å². The number of rotatable bonds is 1. The molecule has 1 aromatic rings. The Hall–Kier alpha value is -1.53. The number of hydrogen-bond acceptors (Lipinski definition) is 2. The maximum Gasteiger partial charge on any atom is 0.433 e. The quantitative estimate of drug-likeness (QED) is 0.799. The Labute approximate surface area is 121 Å². The lowest BCUT2D eigenvalue weighted by Gasteiger charge is -2.36. The maximum absolute atomic E-state index is 12.9. The Kier molecular flexibility index (Phi) is 4.04. The highest BCUT2D eigenvalue weighted by Crippen LogP contribution is 2.33. The molecule has 0 aromatic carbocycles. The largest absolute Gasteiger partial charge is 0.433 e. The summed E-state index contributed by atoms with van der Waals surface area (Å²) in [6, 6.07) is 0.688. The van der Waals surface area contributed by atoms with Gasteiger partial charge in [0.25, 0.3) is 0 Å². The van der Waals surface area contributed by atoms with Crippen molar-refractivity contribution in [2.45, 2.75) is 45.8 Å². The molecule has 4 nitrogen and oxygen atoms in total. The number of carbonyl (C=O) groups excluding carboxylic acids is 1. The van der Waals surface area contributed by atoms with E-state index >= 15 is 0 Å².